The Bertz CT molecular complexity index is 548. The summed E-state index contributed by atoms with van der Waals surface area (Å²) < 4.78 is 5.18. The first-order valence-corrected chi connectivity index (χ1v) is 8.83. The highest BCUT2D eigenvalue weighted by Gasteiger charge is 2.15. The van der Waals surface area contributed by atoms with Crippen LogP contribution in [0.2, 0.25) is 0 Å². The third kappa shape index (κ3) is 9.59. The van der Waals surface area contributed by atoms with Gasteiger partial charge in [0.25, 0.3) is 0 Å². The van der Waals surface area contributed by atoms with Crippen LogP contribution in [0.4, 0.5) is 4.79 Å². The minimum atomic E-state index is -0.482. The van der Waals surface area contributed by atoms with Gasteiger partial charge in [0.15, 0.2) is 5.96 Å². The van der Waals surface area contributed by atoms with Gasteiger partial charge in [0.1, 0.15) is 5.60 Å². The van der Waals surface area contributed by atoms with Crippen molar-refractivity contribution in [3.8, 4) is 0 Å². The van der Waals surface area contributed by atoms with E-state index in [1.165, 1.54) is 11.1 Å². The first-order valence-electron chi connectivity index (χ1n) is 8.83. The monoisotopic (exact) mass is 348 g/mol. The summed E-state index contributed by atoms with van der Waals surface area (Å²) in [6.45, 7) is 9.51. The fourth-order valence-electron chi connectivity index (χ4n) is 2.15. The van der Waals surface area contributed by atoms with E-state index in [0.717, 1.165) is 25.3 Å². The average Bonchev–Trinajstić information content (AvgIpc) is 2.56. The lowest BCUT2D eigenvalue weighted by Crippen LogP contribution is -2.42. The Labute approximate surface area is 151 Å². The number of benzene rings is 1. The number of carbonyl (C=O) groups is 1. The lowest BCUT2D eigenvalue weighted by Gasteiger charge is -2.19. The van der Waals surface area contributed by atoms with E-state index in [4.69, 9.17) is 4.74 Å². The summed E-state index contributed by atoms with van der Waals surface area (Å²) in [7, 11) is 1.73. The maximum atomic E-state index is 11.5. The molecule has 0 saturated heterocycles. The molecule has 6 heteroatoms. The van der Waals surface area contributed by atoms with Crippen molar-refractivity contribution < 1.29 is 9.53 Å². The zero-order valence-electron chi connectivity index (χ0n) is 16.1. The summed E-state index contributed by atoms with van der Waals surface area (Å²) in [5.41, 5.74) is 2.17. The van der Waals surface area contributed by atoms with Crippen molar-refractivity contribution in [2.45, 2.75) is 46.1 Å². The molecule has 140 valence electrons. The van der Waals surface area contributed by atoms with Gasteiger partial charge in [0.05, 0.1) is 0 Å². The molecule has 0 aliphatic heterocycles. The van der Waals surface area contributed by atoms with Gasteiger partial charge in [-0.25, -0.2) is 4.79 Å². The molecule has 0 bridgehead atoms. The van der Waals surface area contributed by atoms with Crippen molar-refractivity contribution in [2.24, 2.45) is 4.99 Å². The van der Waals surface area contributed by atoms with Crippen LogP contribution >= 0.6 is 0 Å². The van der Waals surface area contributed by atoms with Crippen LogP contribution < -0.4 is 16.0 Å². The highest BCUT2D eigenvalue weighted by atomic mass is 16.6. The number of ether oxygens (including phenoxy) is 1. The molecule has 1 aromatic carbocycles. The Morgan fingerprint density at radius 1 is 1.00 bits per heavy atom. The average molecular weight is 348 g/mol. The molecule has 0 heterocycles. The van der Waals surface area contributed by atoms with E-state index in [2.05, 4.69) is 52.1 Å². The topological polar surface area (TPSA) is 74.8 Å². The molecular formula is C19H32N4O2. The van der Waals surface area contributed by atoms with E-state index in [9.17, 15) is 4.79 Å². The number of hydrogen-bond acceptors (Lipinski definition) is 3. The molecule has 0 radical (unpaired) electrons. The molecule has 0 aliphatic rings. The van der Waals surface area contributed by atoms with Gasteiger partial charge in [-0.15, -0.1) is 0 Å². The molecule has 1 amide bonds. The predicted octanol–water partition coefficient (Wildman–Crippen LogP) is 2.48. The zero-order chi connectivity index (χ0) is 18.7. The van der Waals surface area contributed by atoms with E-state index < -0.39 is 11.7 Å². The van der Waals surface area contributed by atoms with E-state index in [-0.39, 0.29) is 0 Å². The Hall–Kier alpha value is -2.24. The number of hydrogen-bond donors (Lipinski definition) is 3. The number of guanidine groups is 1. The molecule has 0 aromatic heterocycles. The molecule has 25 heavy (non-hydrogen) atoms. The van der Waals surface area contributed by atoms with Gasteiger partial charge in [-0.3, -0.25) is 4.99 Å². The lowest BCUT2D eigenvalue weighted by atomic mass is 10.1. The van der Waals surface area contributed by atoms with E-state index >= 15 is 0 Å². The molecular weight excluding hydrogens is 316 g/mol. The first-order chi connectivity index (χ1) is 11.8. The highest BCUT2D eigenvalue weighted by Crippen LogP contribution is 2.06. The van der Waals surface area contributed by atoms with Gasteiger partial charge < -0.3 is 20.7 Å². The highest BCUT2D eigenvalue weighted by molar-refractivity contribution is 5.79. The van der Waals surface area contributed by atoms with Crippen molar-refractivity contribution in [3.63, 3.8) is 0 Å². The van der Waals surface area contributed by atoms with Crippen molar-refractivity contribution in [1.82, 2.24) is 16.0 Å². The van der Waals surface area contributed by atoms with Gasteiger partial charge in [-0.05, 0) is 44.7 Å². The predicted molar refractivity (Wildman–Crippen MR) is 103 cm³/mol. The van der Waals surface area contributed by atoms with Crippen LogP contribution in [0.3, 0.4) is 0 Å². The van der Waals surface area contributed by atoms with Crippen LogP contribution in [0.25, 0.3) is 0 Å². The third-order valence-electron chi connectivity index (χ3n) is 3.45. The quantitative estimate of drug-likeness (QED) is 0.402. The van der Waals surface area contributed by atoms with Gasteiger partial charge in [-0.2, -0.15) is 0 Å². The molecule has 1 rings (SSSR count). The molecule has 0 unspecified atom stereocenters. The standard InChI is InChI=1S/C19H32N4O2/c1-6-15-7-9-16(10-8-15)11-12-21-17(20-5)22-13-14-23-18(24)25-19(2,3)4/h7-10H,6,11-14H2,1-5H3,(H,23,24)(H2,20,21,22). The van der Waals surface area contributed by atoms with Crippen LogP contribution in [0.15, 0.2) is 29.3 Å². The molecule has 0 atom stereocenters. The molecule has 6 nitrogen and oxygen atoms in total. The van der Waals surface area contributed by atoms with E-state index in [1.54, 1.807) is 7.05 Å². The number of aliphatic imine (C=N–C) groups is 1. The third-order valence-corrected chi connectivity index (χ3v) is 3.45. The number of carbonyl (C=O) groups excluding carboxylic acids is 1. The van der Waals surface area contributed by atoms with Crippen LogP contribution in [-0.2, 0) is 17.6 Å². The second kappa shape index (κ2) is 10.6. The summed E-state index contributed by atoms with van der Waals surface area (Å²) in [6.07, 6.45) is 1.58. The van der Waals surface area contributed by atoms with Gasteiger partial charge in [0, 0.05) is 26.7 Å². The van der Waals surface area contributed by atoms with Crippen LogP contribution in [0.1, 0.15) is 38.8 Å². The Morgan fingerprint density at radius 2 is 1.56 bits per heavy atom. The number of rotatable bonds is 7. The number of nitrogens with one attached hydrogen (secondary N) is 3. The Balaban J connectivity index is 2.20. The van der Waals surface area contributed by atoms with E-state index in [1.807, 2.05) is 20.8 Å². The fraction of sp³-hybridized carbons (Fsp3) is 0.579. The number of nitrogens with zero attached hydrogens (tertiary/aromatic N) is 1. The van der Waals surface area contributed by atoms with Gasteiger partial charge in [-0.1, -0.05) is 31.2 Å². The maximum absolute atomic E-state index is 11.5. The SMILES string of the molecule is CCc1ccc(CCNC(=NC)NCCNC(=O)OC(C)(C)C)cc1. The lowest BCUT2D eigenvalue weighted by molar-refractivity contribution is 0.0529. The van der Waals surface area contributed by atoms with Crippen LogP contribution in [0, 0.1) is 0 Å². The van der Waals surface area contributed by atoms with Crippen molar-refractivity contribution >= 4 is 12.1 Å². The van der Waals surface area contributed by atoms with Crippen LogP contribution in [-0.4, -0.2) is 44.3 Å². The molecule has 3 N–H and O–H groups in total. The van der Waals surface area contributed by atoms with Crippen LogP contribution in [0.5, 0.6) is 0 Å². The number of amides is 1. The number of alkyl carbamates (subject to hydrolysis) is 1. The summed E-state index contributed by atoms with van der Waals surface area (Å²) in [6, 6.07) is 8.68. The normalized spacial score (nSPS) is 11.8. The smallest absolute Gasteiger partial charge is 0.407 e. The first kappa shape index (κ1) is 20.8. The molecule has 0 spiro atoms. The Kier molecular flexibility index (Phi) is 8.81. The molecule has 0 aliphatic carbocycles. The summed E-state index contributed by atoms with van der Waals surface area (Å²) in [5, 5.41) is 9.13. The fourth-order valence-corrected chi connectivity index (χ4v) is 2.15. The maximum Gasteiger partial charge on any atom is 0.407 e. The molecule has 0 saturated carbocycles. The van der Waals surface area contributed by atoms with Gasteiger partial charge in [0.2, 0.25) is 0 Å². The van der Waals surface area contributed by atoms with E-state index in [0.29, 0.717) is 13.1 Å². The van der Waals surface area contributed by atoms with Gasteiger partial charge >= 0.3 is 6.09 Å². The number of aryl methyl sites for hydroxylation is 1. The summed E-state index contributed by atoms with van der Waals surface area (Å²) in [4.78, 5) is 15.7. The largest absolute Gasteiger partial charge is 0.444 e. The second-order valence-corrected chi connectivity index (χ2v) is 6.77. The minimum absolute atomic E-state index is 0.409. The summed E-state index contributed by atoms with van der Waals surface area (Å²) >= 11 is 0. The van der Waals surface area contributed by atoms with Crippen molar-refractivity contribution in [3.05, 3.63) is 35.4 Å². The molecule has 1 aromatic rings. The summed E-state index contributed by atoms with van der Waals surface area (Å²) in [5.74, 6) is 0.719. The van der Waals surface area contributed by atoms with Crippen molar-refractivity contribution in [1.29, 1.82) is 0 Å². The molecule has 0 fully saturated rings. The Morgan fingerprint density at radius 3 is 2.12 bits per heavy atom. The second-order valence-electron chi connectivity index (χ2n) is 6.77. The zero-order valence-corrected chi connectivity index (χ0v) is 16.1. The minimum Gasteiger partial charge on any atom is -0.444 e. The van der Waals surface area contributed by atoms with Crippen molar-refractivity contribution in [2.75, 3.05) is 26.7 Å².